The molecule has 1 atom stereocenters. The van der Waals surface area contributed by atoms with Gasteiger partial charge in [0.15, 0.2) is 14.6 Å². The van der Waals surface area contributed by atoms with E-state index in [1.54, 1.807) is 13.8 Å². The highest BCUT2D eigenvalue weighted by atomic mass is 28.4. The third-order valence-electron chi connectivity index (χ3n) is 1.14. The highest BCUT2D eigenvalue weighted by Gasteiger charge is 2.20. The molecule has 0 aliphatic carbocycles. The Bertz CT molecular complexity index is 205. The molecule has 0 aliphatic rings. The minimum absolute atomic E-state index is 0.394. The fourth-order valence-electron chi connectivity index (χ4n) is 0.773. The summed E-state index contributed by atoms with van der Waals surface area (Å²) in [6, 6.07) is 0. The Morgan fingerprint density at radius 2 is 1.85 bits per heavy atom. The molecule has 0 N–H and O–H groups in total. The van der Waals surface area contributed by atoms with E-state index in [1.807, 2.05) is 19.6 Å². The topological polar surface area (TPSA) is 35.5 Å². The third kappa shape index (κ3) is 6.54. The fourth-order valence-corrected chi connectivity index (χ4v) is 1.82. The van der Waals surface area contributed by atoms with Gasteiger partial charge in [0.05, 0.1) is 0 Å². The summed E-state index contributed by atoms with van der Waals surface area (Å²) in [5.41, 5.74) is 0.394. The van der Waals surface area contributed by atoms with Crippen molar-refractivity contribution in [2.24, 2.45) is 0 Å². The first-order valence-electron chi connectivity index (χ1n) is 4.26. The first-order valence-corrected chi connectivity index (χ1v) is 7.67. The van der Waals surface area contributed by atoms with Crippen molar-refractivity contribution in [3.63, 3.8) is 0 Å². The van der Waals surface area contributed by atoms with Crippen LogP contribution in [0.2, 0.25) is 19.6 Å². The molecular formula is C9H18O3Si. The highest BCUT2D eigenvalue weighted by Crippen LogP contribution is 2.09. The predicted octanol–water partition coefficient (Wildman–Crippen LogP) is 2.30. The van der Waals surface area contributed by atoms with Crippen LogP contribution in [-0.2, 0) is 14.0 Å². The maximum atomic E-state index is 11.1. The Balaban J connectivity index is 3.95. The SMILES string of the molecule is C=C(C)C(=O)OC(C)O[Si](C)(C)C. The van der Waals surface area contributed by atoms with Crippen molar-refractivity contribution in [3.05, 3.63) is 12.2 Å². The number of carbonyl (C=O) groups excluding carboxylic acids is 1. The van der Waals surface area contributed by atoms with Crippen LogP contribution in [-0.4, -0.2) is 20.6 Å². The van der Waals surface area contributed by atoms with E-state index in [0.717, 1.165) is 0 Å². The number of rotatable bonds is 4. The van der Waals surface area contributed by atoms with Crippen molar-refractivity contribution in [3.8, 4) is 0 Å². The summed E-state index contributed by atoms with van der Waals surface area (Å²) >= 11 is 0. The van der Waals surface area contributed by atoms with Crippen molar-refractivity contribution < 1.29 is 14.0 Å². The lowest BCUT2D eigenvalue weighted by Crippen LogP contribution is -2.33. The summed E-state index contributed by atoms with van der Waals surface area (Å²) in [7, 11) is -1.63. The Hall–Kier alpha value is -0.613. The van der Waals surface area contributed by atoms with Gasteiger partial charge in [-0.2, -0.15) is 0 Å². The maximum absolute atomic E-state index is 11.1. The van der Waals surface area contributed by atoms with Gasteiger partial charge in [-0.3, -0.25) is 0 Å². The number of carbonyl (C=O) groups is 1. The Kier molecular flexibility index (Phi) is 4.36. The number of hydrogen-bond acceptors (Lipinski definition) is 3. The molecule has 0 bridgehead atoms. The molecule has 0 aromatic rings. The van der Waals surface area contributed by atoms with E-state index in [9.17, 15) is 4.79 Å². The zero-order valence-electron chi connectivity index (χ0n) is 9.01. The Morgan fingerprint density at radius 3 is 2.15 bits per heavy atom. The lowest BCUT2D eigenvalue weighted by molar-refractivity contribution is -0.157. The van der Waals surface area contributed by atoms with Crippen LogP contribution in [0.5, 0.6) is 0 Å². The summed E-state index contributed by atoms with van der Waals surface area (Å²) < 4.78 is 10.5. The van der Waals surface area contributed by atoms with Crippen molar-refractivity contribution in [1.82, 2.24) is 0 Å². The lowest BCUT2D eigenvalue weighted by atomic mass is 10.4. The first-order chi connectivity index (χ1) is 5.72. The predicted molar refractivity (Wildman–Crippen MR) is 54.8 cm³/mol. The van der Waals surface area contributed by atoms with Gasteiger partial charge in [-0.25, -0.2) is 4.79 Å². The molecule has 0 spiro atoms. The lowest BCUT2D eigenvalue weighted by Gasteiger charge is -2.23. The van der Waals surface area contributed by atoms with Crippen LogP contribution in [0.3, 0.4) is 0 Å². The van der Waals surface area contributed by atoms with E-state index in [-0.39, 0.29) is 0 Å². The molecule has 0 aliphatic heterocycles. The molecular weight excluding hydrogens is 184 g/mol. The van der Waals surface area contributed by atoms with Crippen LogP contribution in [0, 0.1) is 0 Å². The molecule has 4 heteroatoms. The normalized spacial score (nSPS) is 13.6. The second kappa shape index (κ2) is 4.57. The Labute approximate surface area is 80.9 Å². The third-order valence-corrected chi connectivity index (χ3v) is 2.18. The molecule has 13 heavy (non-hydrogen) atoms. The van der Waals surface area contributed by atoms with Gasteiger partial charge in [-0.15, -0.1) is 0 Å². The van der Waals surface area contributed by atoms with E-state index in [2.05, 4.69) is 6.58 Å². The summed E-state index contributed by atoms with van der Waals surface area (Å²) in [6.45, 7) is 12.9. The first kappa shape index (κ1) is 12.4. The summed E-state index contributed by atoms with van der Waals surface area (Å²) in [6.07, 6.45) is -0.476. The van der Waals surface area contributed by atoms with E-state index < -0.39 is 20.6 Å². The maximum Gasteiger partial charge on any atom is 0.335 e. The molecule has 0 aromatic carbocycles. The highest BCUT2D eigenvalue weighted by molar-refractivity contribution is 6.69. The molecule has 0 rings (SSSR count). The Morgan fingerprint density at radius 1 is 1.38 bits per heavy atom. The van der Waals surface area contributed by atoms with Gasteiger partial charge in [0.1, 0.15) is 0 Å². The molecule has 0 fully saturated rings. The smallest absolute Gasteiger partial charge is 0.335 e. The molecule has 0 heterocycles. The van der Waals surface area contributed by atoms with Gasteiger partial charge in [0.25, 0.3) is 0 Å². The van der Waals surface area contributed by atoms with Crippen molar-refractivity contribution in [2.75, 3.05) is 0 Å². The van der Waals surface area contributed by atoms with Crippen LogP contribution >= 0.6 is 0 Å². The zero-order valence-corrected chi connectivity index (χ0v) is 10.0. The van der Waals surface area contributed by atoms with E-state index in [4.69, 9.17) is 9.16 Å². The summed E-state index contributed by atoms with van der Waals surface area (Å²) in [5.74, 6) is -0.397. The number of esters is 1. The van der Waals surface area contributed by atoms with Gasteiger partial charge in [0.2, 0.25) is 0 Å². The van der Waals surface area contributed by atoms with Gasteiger partial charge in [-0.1, -0.05) is 6.58 Å². The van der Waals surface area contributed by atoms with Crippen LogP contribution in [0.1, 0.15) is 13.8 Å². The molecule has 76 valence electrons. The molecule has 0 aromatic heterocycles. The quantitative estimate of drug-likeness (QED) is 0.304. The van der Waals surface area contributed by atoms with Crippen molar-refractivity contribution in [1.29, 1.82) is 0 Å². The summed E-state index contributed by atoms with van der Waals surface area (Å²) in [5, 5.41) is 0. The molecule has 0 saturated heterocycles. The number of hydrogen-bond donors (Lipinski definition) is 0. The molecule has 0 amide bonds. The average Bonchev–Trinajstić information content (AvgIpc) is 1.81. The van der Waals surface area contributed by atoms with Crippen LogP contribution in [0.4, 0.5) is 0 Å². The van der Waals surface area contributed by atoms with Crippen molar-refractivity contribution >= 4 is 14.3 Å². The molecule has 1 unspecified atom stereocenters. The average molecular weight is 202 g/mol. The molecule has 0 radical (unpaired) electrons. The minimum Gasteiger partial charge on any atom is -0.434 e. The van der Waals surface area contributed by atoms with Crippen LogP contribution < -0.4 is 0 Å². The second-order valence-corrected chi connectivity index (χ2v) is 8.44. The van der Waals surface area contributed by atoms with E-state index in [1.165, 1.54) is 0 Å². The minimum atomic E-state index is -1.63. The van der Waals surface area contributed by atoms with Gasteiger partial charge in [-0.05, 0) is 33.5 Å². The largest absolute Gasteiger partial charge is 0.434 e. The molecule has 0 saturated carbocycles. The molecule has 3 nitrogen and oxygen atoms in total. The fraction of sp³-hybridized carbons (Fsp3) is 0.667. The van der Waals surface area contributed by atoms with Gasteiger partial charge in [0, 0.05) is 5.57 Å². The van der Waals surface area contributed by atoms with Crippen molar-refractivity contribution in [2.45, 2.75) is 39.8 Å². The number of ether oxygens (including phenoxy) is 1. The van der Waals surface area contributed by atoms with E-state index in [0.29, 0.717) is 5.57 Å². The van der Waals surface area contributed by atoms with Crippen LogP contribution in [0.15, 0.2) is 12.2 Å². The second-order valence-electron chi connectivity index (χ2n) is 3.98. The zero-order chi connectivity index (χ0) is 10.6. The standard InChI is InChI=1S/C9H18O3Si/c1-7(2)9(10)11-8(3)12-13(4,5)6/h8H,1H2,2-6H3. The van der Waals surface area contributed by atoms with Gasteiger partial charge < -0.3 is 9.16 Å². The van der Waals surface area contributed by atoms with E-state index >= 15 is 0 Å². The monoisotopic (exact) mass is 202 g/mol. The van der Waals surface area contributed by atoms with Crippen LogP contribution in [0.25, 0.3) is 0 Å². The summed E-state index contributed by atoms with van der Waals surface area (Å²) in [4.78, 5) is 11.1. The van der Waals surface area contributed by atoms with Gasteiger partial charge >= 0.3 is 5.97 Å².